The van der Waals surface area contributed by atoms with Crippen molar-refractivity contribution in [3.05, 3.63) is 16.8 Å². The molecule has 1 aromatic heterocycles. The lowest BCUT2D eigenvalue weighted by Crippen LogP contribution is -2.19. The van der Waals surface area contributed by atoms with E-state index in [1.807, 2.05) is 6.92 Å². The number of hydrogen-bond donors (Lipinski definition) is 1. The monoisotopic (exact) mass is 311 g/mol. The van der Waals surface area contributed by atoms with Gasteiger partial charge >= 0.3 is 0 Å². The first-order valence-corrected chi connectivity index (χ1v) is 7.95. The number of unbranched alkanes of at least 4 members (excludes halogenated alkanes) is 1. The second-order valence-corrected chi connectivity index (χ2v) is 5.13. The minimum atomic E-state index is 0.304. The highest BCUT2D eigenvalue weighted by atomic mass is 32.1. The maximum atomic E-state index is 5.84. The van der Waals surface area contributed by atoms with Crippen LogP contribution in [-0.4, -0.2) is 35.0 Å². The van der Waals surface area contributed by atoms with Crippen molar-refractivity contribution in [1.29, 1.82) is 0 Å². The Morgan fingerprint density at radius 3 is 2.43 bits per heavy atom. The van der Waals surface area contributed by atoms with Gasteiger partial charge in [0.15, 0.2) is 0 Å². The molecule has 0 saturated carbocycles. The van der Waals surface area contributed by atoms with E-state index in [4.69, 9.17) is 27.4 Å². The predicted molar refractivity (Wildman–Crippen MR) is 87.9 cm³/mol. The quantitative estimate of drug-likeness (QED) is 0.528. The molecule has 0 unspecified atom stereocenters. The Kier molecular flexibility index (Phi) is 8.15. The van der Waals surface area contributed by atoms with E-state index < -0.39 is 0 Å². The highest BCUT2D eigenvalue weighted by Gasteiger charge is 2.17. The summed E-state index contributed by atoms with van der Waals surface area (Å²) in [5.41, 5.74) is 8.51. The van der Waals surface area contributed by atoms with Crippen molar-refractivity contribution in [3.8, 4) is 5.88 Å². The molecule has 1 heterocycles. The fourth-order valence-corrected chi connectivity index (χ4v) is 2.27. The van der Waals surface area contributed by atoms with Crippen molar-refractivity contribution in [3.63, 3.8) is 0 Å². The number of ether oxygens (including phenoxy) is 2. The van der Waals surface area contributed by atoms with Gasteiger partial charge in [-0.05, 0) is 24.8 Å². The average molecular weight is 311 g/mol. The van der Waals surface area contributed by atoms with Crippen LogP contribution in [0.2, 0.25) is 0 Å². The van der Waals surface area contributed by atoms with Crippen LogP contribution in [0.25, 0.3) is 0 Å². The minimum absolute atomic E-state index is 0.304. The number of nitrogens with two attached hydrogens (primary N) is 1. The number of thiocarbonyl (C=S) groups is 1. The highest BCUT2D eigenvalue weighted by molar-refractivity contribution is 7.80. The molecular weight excluding hydrogens is 286 g/mol. The first-order valence-electron chi connectivity index (χ1n) is 7.54. The lowest BCUT2D eigenvalue weighted by atomic mass is 10.0. The van der Waals surface area contributed by atoms with Crippen LogP contribution in [0.1, 0.15) is 50.4 Å². The molecule has 0 aliphatic heterocycles. The van der Waals surface area contributed by atoms with E-state index in [9.17, 15) is 0 Å². The summed E-state index contributed by atoms with van der Waals surface area (Å²) in [5, 5.41) is 8.33. The van der Waals surface area contributed by atoms with Crippen molar-refractivity contribution in [2.45, 2.75) is 46.5 Å². The van der Waals surface area contributed by atoms with Crippen LogP contribution in [0, 0.1) is 0 Å². The Labute approximate surface area is 132 Å². The van der Waals surface area contributed by atoms with Crippen LogP contribution >= 0.6 is 12.2 Å². The van der Waals surface area contributed by atoms with E-state index in [2.05, 4.69) is 24.0 Å². The first-order chi connectivity index (χ1) is 10.2. The van der Waals surface area contributed by atoms with Gasteiger partial charge in [-0.1, -0.05) is 39.4 Å². The third-order valence-electron chi connectivity index (χ3n) is 3.17. The molecule has 2 N–H and O–H groups in total. The van der Waals surface area contributed by atoms with Crippen molar-refractivity contribution >= 4 is 17.2 Å². The Morgan fingerprint density at radius 1 is 1.10 bits per heavy atom. The molecule has 1 aromatic rings. The Morgan fingerprint density at radius 2 is 1.86 bits per heavy atom. The van der Waals surface area contributed by atoms with Gasteiger partial charge in [0.25, 0.3) is 0 Å². The lowest BCUT2D eigenvalue weighted by molar-refractivity contribution is 0.0960. The second kappa shape index (κ2) is 9.63. The van der Waals surface area contributed by atoms with E-state index in [0.717, 1.165) is 43.5 Å². The third-order valence-corrected chi connectivity index (χ3v) is 3.37. The van der Waals surface area contributed by atoms with Crippen molar-refractivity contribution in [2.24, 2.45) is 5.73 Å². The van der Waals surface area contributed by atoms with Gasteiger partial charge in [-0.25, -0.2) is 0 Å². The van der Waals surface area contributed by atoms with Crippen LogP contribution < -0.4 is 10.5 Å². The number of aryl methyl sites for hydroxylation is 1. The van der Waals surface area contributed by atoms with E-state index >= 15 is 0 Å². The fraction of sp³-hybridized carbons (Fsp3) is 0.667. The summed E-state index contributed by atoms with van der Waals surface area (Å²) in [4.78, 5) is 0.304. The zero-order valence-corrected chi connectivity index (χ0v) is 14.0. The van der Waals surface area contributed by atoms with Gasteiger partial charge in [0.2, 0.25) is 5.88 Å². The molecule has 6 heteroatoms. The number of aromatic nitrogens is 2. The van der Waals surface area contributed by atoms with Crippen LogP contribution in [0.5, 0.6) is 5.88 Å². The van der Waals surface area contributed by atoms with E-state index in [0.29, 0.717) is 29.6 Å². The largest absolute Gasteiger partial charge is 0.474 e. The Hall–Kier alpha value is -1.27. The maximum absolute atomic E-state index is 5.84. The normalized spacial score (nSPS) is 10.6. The Balaban J connectivity index is 2.75. The minimum Gasteiger partial charge on any atom is -0.474 e. The van der Waals surface area contributed by atoms with E-state index in [1.165, 1.54) is 0 Å². The van der Waals surface area contributed by atoms with Gasteiger partial charge in [0, 0.05) is 6.61 Å². The molecule has 1 rings (SSSR count). The van der Waals surface area contributed by atoms with Crippen molar-refractivity contribution in [1.82, 2.24) is 10.2 Å². The van der Waals surface area contributed by atoms with E-state index in [-0.39, 0.29) is 0 Å². The van der Waals surface area contributed by atoms with E-state index in [1.54, 1.807) is 0 Å². The Bertz CT molecular complexity index is 466. The standard InChI is InChI=1S/C15H25N3O2S/c1-4-7-8-19-9-10-20-15-13(14(16)21)11(5-2)12(6-3)17-18-15/h4-10H2,1-3H3,(H2,16,21). The summed E-state index contributed by atoms with van der Waals surface area (Å²) in [6.45, 7) is 7.91. The SMILES string of the molecule is CCCCOCCOc1nnc(CC)c(CC)c1C(N)=S. The summed E-state index contributed by atoms with van der Waals surface area (Å²) in [6.07, 6.45) is 3.78. The number of nitrogens with zero attached hydrogens (tertiary/aromatic N) is 2. The molecule has 0 aliphatic rings. The van der Waals surface area contributed by atoms with Gasteiger partial charge in [0.05, 0.1) is 17.9 Å². The molecule has 0 radical (unpaired) electrons. The summed E-state index contributed by atoms with van der Waals surface area (Å²) < 4.78 is 11.1. The van der Waals surface area contributed by atoms with Crippen LogP contribution in [0.4, 0.5) is 0 Å². The molecule has 5 nitrogen and oxygen atoms in total. The summed E-state index contributed by atoms with van der Waals surface area (Å²) >= 11 is 5.15. The first kappa shape index (κ1) is 17.8. The number of rotatable bonds is 10. The average Bonchev–Trinajstić information content (AvgIpc) is 2.49. The predicted octanol–water partition coefficient (Wildman–Crippen LogP) is 2.43. The maximum Gasteiger partial charge on any atom is 0.244 e. The molecule has 0 atom stereocenters. The summed E-state index contributed by atoms with van der Waals surface area (Å²) in [7, 11) is 0. The molecule has 21 heavy (non-hydrogen) atoms. The zero-order chi connectivity index (χ0) is 15.7. The van der Waals surface area contributed by atoms with Gasteiger partial charge in [-0.15, -0.1) is 5.10 Å². The summed E-state index contributed by atoms with van der Waals surface area (Å²) in [6, 6.07) is 0. The second-order valence-electron chi connectivity index (χ2n) is 4.69. The molecule has 118 valence electrons. The van der Waals surface area contributed by atoms with Crippen LogP contribution in [-0.2, 0) is 17.6 Å². The van der Waals surface area contributed by atoms with Crippen molar-refractivity contribution in [2.75, 3.05) is 19.8 Å². The molecule has 0 fully saturated rings. The zero-order valence-electron chi connectivity index (χ0n) is 13.1. The molecule has 0 saturated heterocycles. The third kappa shape index (κ3) is 5.21. The van der Waals surface area contributed by atoms with Gasteiger partial charge in [-0.3, -0.25) is 0 Å². The van der Waals surface area contributed by atoms with Gasteiger partial charge in [-0.2, -0.15) is 5.10 Å². The molecule has 0 aliphatic carbocycles. The fourth-order valence-electron chi connectivity index (χ4n) is 2.06. The molecule has 0 amide bonds. The topological polar surface area (TPSA) is 70.3 Å². The molecular formula is C15H25N3O2S. The molecule has 0 aromatic carbocycles. The van der Waals surface area contributed by atoms with Gasteiger partial charge < -0.3 is 15.2 Å². The summed E-state index contributed by atoms with van der Waals surface area (Å²) in [5.74, 6) is 0.413. The smallest absolute Gasteiger partial charge is 0.244 e. The van der Waals surface area contributed by atoms with Crippen molar-refractivity contribution < 1.29 is 9.47 Å². The molecule has 0 bridgehead atoms. The molecule has 0 spiro atoms. The van der Waals surface area contributed by atoms with Gasteiger partial charge in [0.1, 0.15) is 11.6 Å². The van der Waals surface area contributed by atoms with Crippen LogP contribution in [0.15, 0.2) is 0 Å². The number of hydrogen-bond acceptors (Lipinski definition) is 5. The van der Waals surface area contributed by atoms with Crippen LogP contribution in [0.3, 0.4) is 0 Å². The highest BCUT2D eigenvalue weighted by Crippen LogP contribution is 2.22. The lowest BCUT2D eigenvalue weighted by Gasteiger charge is -2.14.